The van der Waals surface area contributed by atoms with Gasteiger partial charge in [0.05, 0.1) is 16.6 Å². The number of sulfonamides is 1. The van der Waals surface area contributed by atoms with Gasteiger partial charge in [-0.1, -0.05) is 33.8 Å². The summed E-state index contributed by atoms with van der Waals surface area (Å²) in [6.07, 6.45) is 3.19. The summed E-state index contributed by atoms with van der Waals surface area (Å²) in [6.45, 7) is 13.5. The molecular formula is C31H43NO6SSi. The Morgan fingerprint density at radius 3 is 2.40 bits per heavy atom. The Hall–Kier alpha value is -2.20. The van der Waals surface area contributed by atoms with Crippen molar-refractivity contribution in [3.63, 3.8) is 0 Å². The van der Waals surface area contributed by atoms with Crippen molar-refractivity contribution in [3.05, 3.63) is 59.2 Å². The highest BCUT2D eigenvalue weighted by Gasteiger charge is 2.59. The molecule has 3 unspecified atom stereocenters. The second-order valence-electron chi connectivity index (χ2n) is 13.9. The zero-order chi connectivity index (χ0) is 29.3. The number of aliphatic hydroxyl groups excluding tert-OH is 1. The van der Waals surface area contributed by atoms with Crippen molar-refractivity contribution in [1.29, 1.82) is 0 Å². The summed E-state index contributed by atoms with van der Waals surface area (Å²) >= 11 is 0. The average molecular weight is 586 g/mol. The largest absolute Gasteiger partial charge is 0.543 e. The van der Waals surface area contributed by atoms with Gasteiger partial charge >= 0.3 is 5.97 Å². The van der Waals surface area contributed by atoms with Crippen LogP contribution in [0.25, 0.3) is 0 Å². The molecule has 0 aliphatic heterocycles. The Balaban J connectivity index is 1.31. The standard InChI is InChI=1S/C31H43NO6SSi/c1-30(2,3)40(5,6)38-21-10-14-23-20(17-21)9-13-25-24(23)15-16-31(4)26(25)18-27(28(31)33)37-29(34)19-7-11-22(12-8-19)39(32,35)36/h7-8,10-12,14,17,24-28,33H,9,13,15-16,18H2,1-6H3,(H2,32,35,36)/t24?,25?,26?,27-,28+,31+/m1/s1. The quantitative estimate of drug-likeness (QED) is 0.340. The zero-order valence-electron chi connectivity index (χ0n) is 24.4. The zero-order valence-corrected chi connectivity index (χ0v) is 26.3. The van der Waals surface area contributed by atoms with E-state index in [1.165, 1.54) is 35.4 Å². The average Bonchev–Trinajstić information content (AvgIpc) is 3.12. The highest BCUT2D eigenvalue weighted by atomic mass is 32.2. The number of aryl methyl sites for hydroxylation is 1. The highest BCUT2D eigenvalue weighted by Crippen LogP contribution is 2.61. The van der Waals surface area contributed by atoms with Crippen molar-refractivity contribution in [2.24, 2.45) is 22.4 Å². The number of ether oxygens (including phenoxy) is 1. The summed E-state index contributed by atoms with van der Waals surface area (Å²) in [7, 11) is -5.77. The molecule has 0 saturated heterocycles. The van der Waals surface area contributed by atoms with Crippen molar-refractivity contribution in [3.8, 4) is 5.75 Å². The van der Waals surface area contributed by atoms with Gasteiger partial charge in [0, 0.05) is 5.41 Å². The molecule has 5 rings (SSSR count). The van der Waals surface area contributed by atoms with E-state index < -0.39 is 36.5 Å². The van der Waals surface area contributed by atoms with E-state index in [-0.39, 0.29) is 26.8 Å². The molecule has 2 fully saturated rings. The van der Waals surface area contributed by atoms with E-state index in [1.807, 2.05) is 0 Å². The van der Waals surface area contributed by atoms with Crippen molar-refractivity contribution >= 4 is 24.3 Å². The van der Waals surface area contributed by atoms with Crippen LogP contribution >= 0.6 is 0 Å². The van der Waals surface area contributed by atoms with Gasteiger partial charge in [0.1, 0.15) is 11.9 Å². The number of benzene rings is 2. The first-order chi connectivity index (χ1) is 18.5. The summed E-state index contributed by atoms with van der Waals surface area (Å²) in [5.41, 5.74) is 2.71. The second-order valence-corrected chi connectivity index (χ2v) is 20.2. The fourth-order valence-electron chi connectivity index (χ4n) is 7.13. The number of hydrogen-bond donors (Lipinski definition) is 2. The first-order valence-corrected chi connectivity index (χ1v) is 18.8. The van der Waals surface area contributed by atoms with Crippen LogP contribution in [0, 0.1) is 17.3 Å². The SMILES string of the molecule is CC(C)(C)[Si](C)(C)Oc1ccc2c(c1)CCC1C2CC[C@@]2(C)C1C[C@@H](OC(=O)c1ccc(S(N)(=O)=O)cc1)[C@@H]2O. The number of esters is 1. The number of carbonyl (C=O) groups is 1. The van der Waals surface area contributed by atoms with E-state index in [4.69, 9.17) is 14.3 Å². The normalized spacial score (nSPS) is 30.1. The number of aliphatic hydroxyl groups is 1. The fourth-order valence-corrected chi connectivity index (χ4v) is 8.67. The molecule has 40 heavy (non-hydrogen) atoms. The van der Waals surface area contributed by atoms with E-state index in [1.54, 1.807) is 0 Å². The molecule has 0 bridgehead atoms. The molecule has 3 N–H and O–H groups in total. The van der Waals surface area contributed by atoms with Crippen LogP contribution in [0.1, 0.15) is 80.8 Å². The maximum absolute atomic E-state index is 12.9. The van der Waals surface area contributed by atoms with E-state index in [0.29, 0.717) is 18.3 Å². The smallest absolute Gasteiger partial charge is 0.338 e. The van der Waals surface area contributed by atoms with Gasteiger partial charge in [-0.2, -0.15) is 0 Å². The van der Waals surface area contributed by atoms with Crippen LogP contribution in [-0.4, -0.2) is 40.0 Å². The van der Waals surface area contributed by atoms with E-state index in [9.17, 15) is 18.3 Å². The third-order valence-corrected chi connectivity index (χ3v) is 15.8. The van der Waals surface area contributed by atoms with Gasteiger partial charge in [0.2, 0.25) is 18.3 Å². The van der Waals surface area contributed by atoms with Crippen molar-refractivity contribution in [1.82, 2.24) is 0 Å². The molecule has 3 aliphatic rings. The molecule has 9 heteroatoms. The summed E-state index contributed by atoms with van der Waals surface area (Å²) < 4.78 is 35.5. The molecule has 0 radical (unpaired) electrons. The maximum atomic E-state index is 12.9. The maximum Gasteiger partial charge on any atom is 0.338 e. The molecule has 7 nitrogen and oxygen atoms in total. The van der Waals surface area contributed by atoms with Crippen molar-refractivity contribution < 1.29 is 27.5 Å². The Kier molecular flexibility index (Phi) is 7.30. The topological polar surface area (TPSA) is 116 Å². The lowest BCUT2D eigenvalue weighted by Gasteiger charge is -2.49. The van der Waals surface area contributed by atoms with Gasteiger partial charge in [-0.15, -0.1) is 0 Å². The van der Waals surface area contributed by atoms with Gasteiger partial charge in [-0.3, -0.25) is 0 Å². The Labute approximate surface area is 239 Å². The lowest BCUT2D eigenvalue weighted by molar-refractivity contribution is -0.0583. The summed E-state index contributed by atoms with van der Waals surface area (Å²) in [6, 6.07) is 12.1. The van der Waals surface area contributed by atoms with Gasteiger partial charge in [0.25, 0.3) is 0 Å². The van der Waals surface area contributed by atoms with Crippen LogP contribution in [0.4, 0.5) is 0 Å². The molecule has 2 aromatic carbocycles. The Morgan fingerprint density at radius 2 is 1.77 bits per heavy atom. The fraction of sp³-hybridized carbons (Fsp3) is 0.581. The molecule has 2 saturated carbocycles. The molecule has 0 amide bonds. The minimum absolute atomic E-state index is 0.0641. The number of hydrogen-bond acceptors (Lipinski definition) is 6. The summed E-state index contributed by atoms with van der Waals surface area (Å²) in [5.74, 6) is 1.51. The van der Waals surface area contributed by atoms with Crippen LogP contribution in [-0.2, 0) is 21.2 Å². The predicted molar refractivity (Wildman–Crippen MR) is 157 cm³/mol. The number of carbonyl (C=O) groups excluding carboxylic acids is 1. The summed E-state index contributed by atoms with van der Waals surface area (Å²) in [4.78, 5) is 12.9. The number of primary sulfonamides is 1. The molecule has 3 aliphatic carbocycles. The van der Waals surface area contributed by atoms with Gasteiger partial charge < -0.3 is 14.3 Å². The monoisotopic (exact) mass is 585 g/mol. The highest BCUT2D eigenvalue weighted by molar-refractivity contribution is 7.89. The molecule has 0 spiro atoms. The minimum Gasteiger partial charge on any atom is -0.543 e. The van der Waals surface area contributed by atoms with Crippen LogP contribution in [0.5, 0.6) is 5.75 Å². The van der Waals surface area contributed by atoms with E-state index in [2.05, 4.69) is 59.0 Å². The minimum atomic E-state index is -3.85. The molecular weight excluding hydrogens is 542 g/mol. The second kappa shape index (κ2) is 9.96. The van der Waals surface area contributed by atoms with Crippen LogP contribution < -0.4 is 9.56 Å². The lowest BCUT2D eigenvalue weighted by atomic mass is 9.55. The van der Waals surface area contributed by atoms with Gasteiger partial charge in [-0.05, 0) is 116 Å². The van der Waals surface area contributed by atoms with Gasteiger partial charge in [0.15, 0.2) is 0 Å². The number of rotatable bonds is 5. The number of nitrogens with two attached hydrogens (primary N) is 1. The van der Waals surface area contributed by atoms with Crippen LogP contribution in [0.2, 0.25) is 18.1 Å². The van der Waals surface area contributed by atoms with Crippen molar-refractivity contribution in [2.75, 3.05) is 0 Å². The van der Waals surface area contributed by atoms with Crippen LogP contribution in [0.3, 0.4) is 0 Å². The first-order valence-electron chi connectivity index (χ1n) is 14.3. The number of fused-ring (bicyclic) bond motifs is 5. The molecule has 6 atom stereocenters. The Morgan fingerprint density at radius 1 is 1.10 bits per heavy atom. The third kappa shape index (κ3) is 5.14. The summed E-state index contributed by atoms with van der Waals surface area (Å²) in [5, 5.41) is 16.7. The molecule has 218 valence electrons. The first kappa shape index (κ1) is 29.3. The predicted octanol–water partition coefficient (Wildman–Crippen LogP) is 5.77. The Bertz CT molecular complexity index is 1400. The van der Waals surface area contributed by atoms with Crippen molar-refractivity contribution in [2.45, 2.75) is 101 Å². The molecule has 2 aromatic rings. The lowest BCUT2D eigenvalue weighted by Crippen LogP contribution is -2.45. The molecule has 0 heterocycles. The van der Waals surface area contributed by atoms with Gasteiger partial charge in [-0.25, -0.2) is 18.4 Å². The third-order valence-electron chi connectivity index (χ3n) is 10.5. The van der Waals surface area contributed by atoms with E-state index >= 15 is 0 Å². The van der Waals surface area contributed by atoms with Crippen LogP contribution in [0.15, 0.2) is 47.4 Å². The van der Waals surface area contributed by atoms with E-state index in [0.717, 1.165) is 31.4 Å². The molecule has 0 aromatic heterocycles.